The van der Waals surface area contributed by atoms with Crippen molar-refractivity contribution in [3.8, 4) is 23.0 Å². The molecule has 2 unspecified atom stereocenters. The molecule has 1 aromatic heterocycles. The summed E-state index contributed by atoms with van der Waals surface area (Å²) in [5.74, 6) is 1.29. The number of rotatable bonds is 8. The molecule has 3 N–H and O–H groups in total. The Morgan fingerprint density at radius 2 is 1.69 bits per heavy atom. The number of carbonyl (C=O) groups is 1. The third kappa shape index (κ3) is 4.31. The summed E-state index contributed by atoms with van der Waals surface area (Å²) >= 11 is 0. The zero-order valence-corrected chi connectivity index (χ0v) is 20.3. The van der Waals surface area contributed by atoms with Gasteiger partial charge in [0.2, 0.25) is 5.75 Å². The van der Waals surface area contributed by atoms with Crippen LogP contribution in [0.1, 0.15) is 28.4 Å². The van der Waals surface area contributed by atoms with Gasteiger partial charge in [0.05, 0.1) is 27.4 Å². The summed E-state index contributed by atoms with van der Waals surface area (Å²) in [4.78, 5) is 15.6. The van der Waals surface area contributed by atoms with Gasteiger partial charge in [-0.15, -0.1) is 0 Å². The summed E-state index contributed by atoms with van der Waals surface area (Å²) in [7, 11) is 4.66. The Morgan fingerprint density at radius 1 is 0.972 bits per heavy atom. The number of H-pyrrole nitrogens is 1. The van der Waals surface area contributed by atoms with E-state index in [0.717, 1.165) is 39.0 Å². The number of hydrogen-bond acceptors (Lipinski definition) is 6. The van der Waals surface area contributed by atoms with E-state index in [2.05, 4.69) is 10.3 Å². The molecule has 0 radical (unpaired) electrons. The fourth-order valence-corrected chi connectivity index (χ4v) is 4.78. The quantitative estimate of drug-likeness (QED) is 0.337. The van der Waals surface area contributed by atoms with Crippen LogP contribution in [-0.2, 0) is 17.8 Å². The van der Waals surface area contributed by atoms with E-state index >= 15 is 0 Å². The van der Waals surface area contributed by atoms with Crippen molar-refractivity contribution in [3.63, 3.8) is 0 Å². The predicted octanol–water partition coefficient (Wildman–Crippen LogP) is 4.46. The van der Waals surface area contributed by atoms with Crippen molar-refractivity contribution in [2.75, 3.05) is 21.3 Å². The molecule has 8 heteroatoms. The molecule has 1 aliphatic heterocycles. The lowest BCUT2D eigenvalue weighted by molar-refractivity contribution is -0.139. The molecule has 0 aliphatic carbocycles. The molecule has 0 saturated heterocycles. The minimum Gasteiger partial charge on any atom is -0.493 e. The van der Waals surface area contributed by atoms with Crippen LogP contribution in [0.15, 0.2) is 60.7 Å². The van der Waals surface area contributed by atoms with Gasteiger partial charge in [0, 0.05) is 23.0 Å². The van der Waals surface area contributed by atoms with Crippen molar-refractivity contribution in [1.29, 1.82) is 0 Å². The van der Waals surface area contributed by atoms with Gasteiger partial charge in [-0.1, -0.05) is 30.3 Å². The summed E-state index contributed by atoms with van der Waals surface area (Å²) in [6.07, 6.45) is 0.341. The average Bonchev–Trinajstić information content (AvgIpc) is 3.28. The molecule has 2 heterocycles. The van der Waals surface area contributed by atoms with Crippen LogP contribution in [0.2, 0.25) is 0 Å². The number of hydrogen-bond donors (Lipinski definition) is 3. The standard InChI is InChI=1S/C28H28N2O6/c1-33-23-11-17(12-24(34-2)27(23)35-3)25-26-20(14-22(30-25)28(31)32)19-13-18(9-10-21(19)29-26)36-15-16-7-5-4-6-8-16/h4-13,22,25,29-30H,14-15H2,1-3H3,(H,31,32). The molecule has 186 valence electrons. The van der Waals surface area contributed by atoms with E-state index in [1.807, 2.05) is 60.7 Å². The molecule has 3 aromatic carbocycles. The number of methoxy groups -OCH3 is 3. The number of carboxylic acids is 1. The van der Waals surface area contributed by atoms with Gasteiger partial charge in [-0.2, -0.15) is 0 Å². The van der Waals surface area contributed by atoms with E-state index < -0.39 is 18.1 Å². The topological polar surface area (TPSA) is 102 Å². The Balaban J connectivity index is 1.57. The molecular weight excluding hydrogens is 460 g/mol. The summed E-state index contributed by atoms with van der Waals surface area (Å²) in [5, 5.41) is 14.1. The SMILES string of the molecule is COc1cc(C2NC(C(=O)O)Cc3c2[nH]c2ccc(OCc4ccccc4)cc32)cc(OC)c1OC. The zero-order chi connectivity index (χ0) is 25.2. The molecular formula is C28H28N2O6. The highest BCUT2D eigenvalue weighted by Crippen LogP contribution is 2.43. The molecule has 0 amide bonds. The number of aromatic nitrogens is 1. The largest absolute Gasteiger partial charge is 0.493 e. The minimum absolute atomic E-state index is 0.341. The summed E-state index contributed by atoms with van der Waals surface area (Å²) in [6, 6.07) is 18.3. The number of fused-ring (bicyclic) bond motifs is 3. The van der Waals surface area contributed by atoms with E-state index in [9.17, 15) is 9.90 Å². The summed E-state index contributed by atoms with van der Waals surface area (Å²) in [5.41, 5.74) is 4.63. The van der Waals surface area contributed by atoms with Gasteiger partial charge in [0.15, 0.2) is 11.5 Å². The van der Waals surface area contributed by atoms with Crippen molar-refractivity contribution < 1.29 is 28.8 Å². The molecule has 0 saturated carbocycles. The van der Waals surface area contributed by atoms with Crippen LogP contribution in [-0.4, -0.2) is 43.4 Å². The Morgan fingerprint density at radius 3 is 2.33 bits per heavy atom. The third-order valence-corrected chi connectivity index (χ3v) is 6.54. The zero-order valence-electron chi connectivity index (χ0n) is 20.3. The van der Waals surface area contributed by atoms with E-state index in [4.69, 9.17) is 18.9 Å². The molecule has 1 aliphatic rings. The Bertz CT molecular complexity index is 1370. The second kappa shape index (κ2) is 9.83. The smallest absolute Gasteiger partial charge is 0.321 e. The van der Waals surface area contributed by atoms with Crippen LogP contribution in [0.3, 0.4) is 0 Å². The van der Waals surface area contributed by atoms with Crippen LogP contribution in [0.5, 0.6) is 23.0 Å². The summed E-state index contributed by atoms with van der Waals surface area (Å²) < 4.78 is 22.6. The number of carboxylic acid groups (broad SMARTS) is 1. The van der Waals surface area contributed by atoms with Gasteiger partial charge in [-0.05, 0) is 47.0 Å². The average molecular weight is 489 g/mol. The lowest BCUT2D eigenvalue weighted by Crippen LogP contribution is -2.44. The maximum Gasteiger partial charge on any atom is 0.321 e. The molecule has 0 bridgehead atoms. The first-order valence-corrected chi connectivity index (χ1v) is 11.6. The van der Waals surface area contributed by atoms with Gasteiger partial charge >= 0.3 is 5.97 Å². The maximum atomic E-state index is 12.1. The molecule has 5 rings (SSSR count). The highest BCUT2D eigenvalue weighted by Gasteiger charge is 2.35. The van der Waals surface area contributed by atoms with Crippen LogP contribution in [0, 0.1) is 0 Å². The monoisotopic (exact) mass is 488 g/mol. The molecule has 4 aromatic rings. The van der Waals surface area contributed by atoms with E-state index in [-0.39, 0.29) is 0 Å². The molecule has 8 nitrogen and oxygen atoms in total. The van der Waals surface area contributed by atoms with Crippen LogP contribution in [0.25, 0.3) is 10.9 Å². The maximum absolute atomic E-state index is 12.1. The van der Waals surface area contributed by atoms with Crippen molar-refractivity contribution in [2.45, 2.75) is 25.1 Å². The second-order valence-electron chi connectivity index (χ2n) is 8.65. The summed E-state index contributed by atoms with van der Waals surface area (Å²) in [6.45, 7) is 0.451. The number of aromatic amines is 1. The van der Waals surface area contributed by atoms with Gasteiger partial charge in [-0.25, -0.2) is 0 Å². The Kier molecular flexibility index (Phi) is 6.43. The number of aliphatic carboxylic acids is 1. The van der Waals surface area contributed by atoms with Gasteiger partial charge in [0.25, 0.3) is 0 Å². The fraction of sp³-hybridized carbons (Fsp3) is 0.250. The fourth-order valence-electron chi connectivity index (χ4n) is 4.78. The van der Waals surface area contributed by atoms with Crippen LogP contribution >= 0.6 is 0 Å². The predicted molar refractivity (Wildman–Crippen MR) is 135 cm³/mol. The van der Waals surface area contributed by atoms with Gasteiger partial charge in [0.1, 0.15) is 18.4 Å². The van der Waals surface area contributed by atoms with E-state index in [1.165, 1.54) is 0 Å². The first kappa shape index (κ1) is 23.6. The normalized spacial score (nSPS) is 16.9. The first-order valence-electron chi connectivity index (χ1n) is 11.6. The molecule has 36 heavy (non-hydrogen) atoms. The third-order valence-electron chi connectivity index (χ3n) is 6.54. The lowest BCUT2D eigenvalue weighted by Gasteiger charge is -2.30. The van der Waals surface area contributed by atoms with E-state index in [1.54, 1.807) is 21.3 Å². The highest BCUT2D eigenvalue weighted by molar-refractivity contribution is 5.88. The van der Waals surface area contributed by atoms with Crippen molar-refractivity contribution >= 4 is 16.9 Å². The van der Waals surface area contributed by atoms with Crippen LogP contribution < -0.4 is 24.3 Å². The number of nitrogens with one attached hydrogen (secondary N) is 2. The highest BCUT2D eigenvalue weighted by atomic mass is 16.5. The molecule has 2 atom stereocenters. The minimum atomic E-state index is -0.913. The Labute approximate surface area is 208 Å². The second-order valence-corrected chi connectivity index (χ2v) is 8.65. The molecule has 0 spiro atoms. The molecule has 0 fully saturated rings. The van der Waals surface area contributed by atoms with Crippen molar-refractivity contribution in [1.82, 2.24) is 10.3 Å². The van der Waals surface area contributed by atoms with E-state index in [0.29, 0.717) is 30.3 Å². The number of benzene rings is 3. The Hall–Kier alpha value is -4.17. The van der Waals surface area contributed by atoms with Crippen molar-refractivity contribution in [3.05, 3.63) is 83.0 Å². The van der Waals surface area contributed by atoms with Gasteiger partial charge in [-0.3, -0.25) is 10.1 Å². The van der Waals surface area contributed by atoms with Gasteiger partial charge < -0.3 is 29.0 Å². The first-order chi connectivity index (χ1) is 17.5. The lowest BCUT2D eigenvalue weighted by atomic mass is 9.90. The van der Waals surface area contributed by atoms with Crippen molar-refractivity contribution in [2.24, 2.45) is 0 Å². The van der Waals surface area contributed by atoms with Crippen LogP contribution in [0.4, 0.5) is 0 Å². The number of ether oxygens (including phenoxy) is 4.